The largest absolute Gasteiger partial charge is 0.487 e. The molecule has 1 aromatic heterocycles. The van der Waals surface area contributed by atoms with E-state index < -0.39 is 0 Å². The van der Waals surface area contributed by atoms with Gasteiger partial charge in [-0.05, 0) is 43.9 Å². The van der Waals surface area contributed by atoms with Crippen molar-refractivity contribution < 1.29 is 4.74 Å². The number of benzene rings is 1. The summed E-state index contributed by atoms with van der Waals surface area (Å²) in [6.07, 6.45) is 4.01. The van der Waals surface area contributed by atoms with Crippen molar-refractivity contribution >= 4 is 53.3 Å². The van der Waals surface area contributed by atoms with Gasteiger partial charge in [0.05, 0.1) is 11.6 Å². The van der Waals surface area contributed by atoms with Crippen molar-refractivity contribution in [1.82, 2.24) is 25.4 Å². The van der Waals surface area contributed by atoms with Crippen LogP contribution in [0.2, 0.25) is 5.02 Å². The summed E-state index contributed by atoms with van der Waals surface area (Å²) in [6, 6.07) is 7.54. The summed E-state index contributed by atoms with van der Waals surface area (Å²) < 4.78 is 8.01. The van der Waals surface area contributed by atoms with Crippen LogP contribution in [0.1, 0.15) is 31.4 Å². The van der Waals surface area contributed by atoms with Gasteiger partial charge in [0, 0.05) is 13.6 Å². The van der Waals surface area contributed by atoms with E-state index in [1.807, 2.05) is 54.6 Å². The van der Waals surface area contributed by atoms with Crippen molar-refractivity contribution in [2.75, 3.05) is 25.1 Å². The van der Waals surface area contributed by atoms with E-state index in [9.17, 15) is 0 Å². The van der Waals surface area contributed by atoms with E-state index in [4.69, 9.17) is 16.3 Å². The van der Waals surface area contributed by atoms with E-state index >= 15 is 0 Å². The van der Waals surface area contributed by atoms with E-state index in [1.165, 1.54) is 0 Å². The quantitative estimate of drug-likeness (QED) is 0.185. The first kappa shape index (κ1) is 26.8. The number of aryl methyl sites for hydroxylation is 1. The van der Waals surface area contributed by atoms with Gasteiger partial charge in [0.1, 0.15) is 24.2 Å². The van der Waals surface area contributed by atoms with Crippen LogP contribution in [-0.4, -0.2) is 51.9 Å². The summed E-state index contributed by atoms with van der Waals surface area (Å²) in [4.78, 5) is 4.68. The lowest BCUT2D eigenvalue weighted by molar-refractivity contribution is 0.199. The number of para-hydroxylation sites is 1. The van der Waals surface area contributed by atoms with Gasteiger partial charge in [-0.2, -0.15) is 11.8 Å². The minimum Gasteiger partial charge on any atom is -0.487 e. The number of ether oxygens (including phenoxy) is 1. The van der Waals surface area contributed by atoms with E-state index in [0.717, 1.165) is 42.7 Å². The zero-order valence-corrected chi connectivity index (χ0v) is 21.9. The second-order valence-electron chi connectivity index (χ2n) is 6.62. The predicted molar refractivity (Wildman–Crippen MR) is 137 cm³/mol. The second-order valence-corrected chi connectivity index (χ2v) is 8.01. The van der Waals surface area contributed by atoms with Gasteiger partial charge in [-0.25, -0.2) is 4.99 Å². The molecular formula is C20H32ClIN6OS. The Kier molecular flexibility index (Phi) is 13.2. The minimum atomic E-state index is -0.0230. The number of nitrogens with zero attached hydrogens (tertiary/aromatic N) is 4. The molecule has 7 nitrogen and oxygen atoms in total. The van der Waals surface area contributed by atoms with Crippen LogP contribution >= 0.6 is 47.3 Å². The molecular weight excluding hydrogens is 535 g/mol. The first-order valence-corrected chi connectivity index (χ1v) is 11.6. The topological polar surface area (TPSA) is 76.4 Å². The van der Waals surface area contributed by atoms with E-state index in [1.54, 1.807) is 0 Å². The van der Waals surface area contributed by atoms with Crippen molar-refractivity contribution in [3.8, 4) is 5.75 Å². The molecule has 2 aromatic rings. The summed E-state index contributed by atoms with van der Waals surface area (Å²) in [6.45, 7) is 5.95. The van der Waals surface area contributed by atoms with Gasteiger partial charge in [0.25, 0.3) is 0 Å². The minimum absolute atomic E-state index is 0. The molecule has 0 aliphatic carbocycles. The highest BCUT2D eigenvalue weighted by atomic mass is 127. The highest BCUT2D eigenvalue weighted by molar-refractivity contribution is 14.0. The van der Waals surface area contributed by atoms with Crippen LogP contribution < -0.4 is 15.4 Å². The molecule has 0 radical (unpaired) electrons. The Hall–Kier alpha value is -1.20. The van der Waals surface area contributed by atoms with Crippen LogP contribution in [0.25, 0.3) is 0 Å². The monoisotopic (exact) mass is 566 g/mol. The Morgan fingerprint density at radius 3 is 2.70 bits per heavy atom. The maximum Gasteiger partial charge on any atom is 0.191 e. The molecule has 0 aliphatic rings. The van der Waals surface area contributed by atoms with Crippen molar-refractivity contribution in [3.05, 3.63) is 40.9 Å². The maximum atomic E-state index is 6.22. The van der Waals surface area contributed by atoms with Gasteiger partial charge in [0.15, 0.2) is 11.8 Å². The van der Waals surface area contributed by atoms with Gasteiger partial charge in [-0.15, -0.1) is 34.2 Å². The molecule has 2 rings (SSSR count). The fraction of sp³-hybridized carbons (Fsp3) is 0.550. The van der Waals surface area contributed by atoms with Crippen LogP contribution in [0, 0.1) is 6.92 Å². The fourth-order valence-electron chi connectivity index (χ4n) is 2.54. The number of aliphatic imine (C=N–C) groups is 1. The molecule has 168 valence electrons. The van der Waals surface area contributed by atoms with Crippen LogP contribution in [0.4, 0.5) is 0 Å². The van der Waals surface area contributed by atoms with Crippen LogP contribution in [0.3, 0.4) is 0 Å². The smallest absolute Gasteiger partial charge is 0.191 e. The summed E-state index contributed by atoms with van der Waals surface area (Å²) in [5, 5.41) is 15.7. The Labute approximate surface area is 205 Å². The van der Waals surface area contributed by atoms with E-state index in [0.29, 0.717) is 23.9 Å². The van der Waals surface area contributed by atoms with Gasteiger partial charge < -0.3 is 19.9 Å². The molecule has 2 N–H and O–H groups in total. The number of hydrogen-bond acceptors (Lipinski definition) is 5. The van der Waals surface area contributed by atoms with Crippen molar-refractivity contribution in [2.45, 2.75) is 39.3 Å². The normalized spacial score (nSPS) is 12.2. The Balaban J connectivity index is 0.00000450. The Morgan fingerprint density at radius 2 is 2.07 bits per heavy atom. The molecule has 0 spiro atoms. The zero-order valence-electron chi connectivity index (χ0n) is 18.0. The van der Waals surface area contributed by atoms with Gasteiger partial charge >= 0.3 is 0 Å². The van der Waals surface area contributed by atoms with Gasteiger partial charge in [0.2, 0.25) is 0 Å². The summed E-state index contributed by atoms with van der Waals surface area (Å²) in [7, 11) is 1.95. The van der Waals surface area contributed by atoms with E-state index in [-0.39, 0.29) is 30.1 Å². The molecule has 0 fully saturated rings. The highest BCUT2D eigenvalue weighted by Gasteiger charge is 2.12. The third-order valence-corrected chi connectivity index (χ3v) is 5.47. The molecule has 1 atom stereocenters. The molecule has 1 heterocycles. The molecule has 0 saturated carbocycles. The third kappa shape index (κ3) is 8.89. The van der Waals surface area contributed by atoms with Gasteiger partial charge in [-0.1, -0.05) is 30.7 Å². The molecule has 0 amide bonds. The number of guanidine groups is 1. The lowest BCUT2D eigenvalue weighted by Gasteiger charge is -2.20. The van der Waals surface area contributed by atoms with Crippen LogP contribution in [-0.2, 0) is 13.6 Å². The number of halogens is 2. The van der Waals surface area contributed by atoms with Crippen molar-refractivity contribution in [2.24, 2.45) is 12.0 Å². The lowest BCUT2D eigenvalue weighted by Crippen LogP contribution is -2.43. The molecule has 10 heteroatoms. The average Bonchev–Trinajstić information content (AvgIpc) is 3.05. The average molecular weight is 567 g/mol. The van der Waals surface area contributed by atoms with Crippen LogP contribution in [0.5, 0.6) is 5.75 Å². The standard InChI is InChI=1S/C20H31ClN6OS.HI/c1-5-16(28-18-10-7-6-9-17(18)21)13-23-20(22-11-8-12-29-4)24-14-19-26-25-15(2)27(19)3;/h6-7,9-10,16H,5,8,11-14H2,1-4H3,(H2,22,23,24);1H. The second kappa shape index (κ2) is 14.7. The van der Waals surface area contributed by atoms with E-state index in [2.05, 4.69) is 39.0 Å². The number of thioether (sulfide) groups is 1. The first-order valence-electron chi connectivity index (χ1n) is 9.82. The summed E-state index contributed by atoms with van der Waals surface area (Å²) in [5.74, 6) is 4.25. The summed E-state index contributed by atoms with van der Waals surface area (Å²) >= 11 is 8.06. The molecule has 1 aromatic carbocycles. The zero-order chi connectivity index (χ0) is 21.1. The van der Waals surface area contributed by atoms with Crippen LogP contribution in [0.15, 0.2) is 29.3 Å². The number of rotatable bonds is 11. The number of hydrogen-bond donors (Lipinski definition) is 2. The molecule has 0 saturated heterocycles. The van der Waals surface area contributed by atoms with Gasteiger partial charge in [-0.3, -0.25) is 0 Å². The summed E-state index contributed by atoms with van der Waals surface area (Å²) in [5.41, 5.74) is 0. The predicted octanol–water partition coefficient (Wildman–Crippen LogP) is 4.04. The highest BCUT2D eigenvalue weighted by Crippen LogP contribution is 2.24. The number of nitrogens with one attached hydrogen (secondary N) is 2. The van der Waals surface area contributed by atoms with Crippen molar-refractivity contribution in [1.29, 1.82) is 0 Å². The molecule has 0 aliphatic heterocycles. The van der Waals surface area contributed by atoms with Crippen molar-refractivity contribution in [3.63, 3.8) is 0 Å². The Morgan fingerprint density at radius 1 is 1.30 bits per heavy atom. The number of aromatic nitrogens is 3. The first-order chi connectivity index (χ1) is 14.0. The maximum absolute atomic E-state index is 6.22. The SMILES string of the molecule is CCC(CNC(=NCc1nnc(C)n1C)NCCCSC)Oc1ccccc1Cl.I. The molecule has 1 unspecified atom stereocenters. The fourth-order valence-corrected chi connectivity index (χ4v) is 3.15. The molecule has 30 heavy (non-hydrogen) atoms. The molecule has 0 bridgehead atoms. The lowest BCUT2D eigenvalue weighted by atomic mass is 10.2. The Bertz CT molecular complexity index is 788. The third-order valence-electron chi connectivity index (χ3n) is 4.46.